The number of unbranched alkanes of at least 4 members (excludes halogenated alkanes) is 3. The van der Waals surface area contributed by atoms with E-state index in [4.69, 9.17) is 4.74 Å². The Bertz CT molecular complexity index is 509. The molecule has 2 rings (SSSR count). The molecule has 0 fully saturated rings. The van der Waals surface area contributed by atoms with Crippen molar-refractivity contribution in [1.29, 1.82) is 0 Å². The number of aromatic nitrogens is 5. The zero-order valence-electron chi connectivity index (χ0n) is 12.1. The SMILES string of the molecule is CCCCCCOc1ccc(-c2nnn(CC)n2)cn1. The van der Waals surface area contributed by atoms with Gasteiger partial charge in [-0.3, -0.25) is 0 Å². The molecule has 0 saturated heterocycles. The van der Waals surface area contributed by atoms with E-state index in [0.717, 1.165) is 18.6 Å². The number of pyridine rings is 1. The van der Waals surface area contributed by atoms with Gasteiger partial charge in [-0.25, -0.2) is 4.98 Å². The average molecular weight is 275 g/mol. The first-order valence-electron chi connectivity index (χ1n) is 7.20. The van der Waals surface area contributed by atoms with Gasteiger partial charge in [-0.2, -0.15) is 4.80 Å². The van der Waals surface area contributed by atoms with Crippen molar-refractivity contribution in [3.8, 4) is 17.3 Å². The van der Waals surface area contributed by atoms with Gasteiger partial charge in [0.25, 0.3) is 0 Å². The van der Waals surface area contributed by atoms with Crippen LogP contribution < -0.4 is 4.74 Å². The molecule has 6 nitrogen and oxygen atoms in total. The summed E-state index contributed by atoms with van der Waals surface area (Å²) < 4.78 is 5.60. The number of rotatable bonds is 8. The van der Waals surface area contributed by atoms with E-state index in [2.05, 4.69) is 27.3 Å². The van der Waals surface area contributed by atoms with E-state index in [1.54, 1.807) is 11.0 Å². The van der Waals surface area contributed by atoms with Gasteiger partial charge in [0.15, 0.2) is 0 Å². The number of nitrogens with zero attached hydrogens (tertiary/aromatic N) is 5. The van der Waals surface area contributed by atoms with Gasteiger partial charge in [0.1, 0.15) is 0 Å². The molecule has 0 N–H and O–H groups in total. The van der Waals surface area contributed by atoms with Crippen LogP contribution in [0.15, 0.2) is 18.3 Å². The number of aryl methyl sites for hydroxylation is 1. The molecule has 0 saturated carbocycles. The summed E-state index contributed by atoms with van der Waals surface area (Å²) in [6, 6.07) is 3.76. The number of hydrogen-bond acceptors (Lipinski definition) is 5. The maximum atomic E-state index is 5.60. The van der Waals surface area contributed by atoms with Crippen LogP contribution in [-0.2, 0) is 6.54 Å². The highest BCUT2D eigenvalue weighted by Gasteiger charge is 2.06. The minimum absolute atomic E-state index is 0.592. The predicted molar refractivity (Wildman–Crippen MR) is 76.4 cm³/mol. The number of hydrogen-bond donors (Lipinski definition) is 0. The molecule has 20 heavy (non-hydrogen) atoms. The first-order valence-corrected chi connectivity index (χ1v) is 7.20. The summed E-state index contributed by atoms with van der Waals surface area (Å²) in [4.78, 5) is 5.82. The molecule has 2 heterocycles. The Morgan fingerprint density at radius 1 is 1.15 bits per heavy atom. The van der Waals surface area contributed by atoms with Crippen LogP contribution in [-0.4, -0.2) is 31.8 Å². The van der Waals surface area contributed by atoms with E-state index < -0.39 is 0 Å². The topological polar surface area (TPSA) is 65.7 Å². The molecule has 0 spiro atoms. The van der Waals surface area contributed by atoms with Crippen molar-refractivity contribution in [2.24, 2.45) is 0 Å². The molecule has 108 valence electrons. The highest BCUT2D eigenvalue weighted by molar-refractivity contribution is 5.52. The second kappa shape index (κ2) is 7.57. The molecular weight excluding hydrogens is 254 g/mol. The second-order valence-electron chi connectivity index (χ2n) is 4.60. The van der Waals surface area contributed by atoms with Gasteiger partial charge in [0.05, 0.1) is 13.2 Å². The highest BCUT2D eigenvalue weighted by atomic mass is 16.5. The molecule has 0 aliphatic carbocycles. The van der Waals surface area contributed by atoms with Crippen molar-refractivity contribution in [3.63, 3.8) is 0 Å². The summed E-state index contributed by atoms with van der Waals surface area (Å²) in [5, 5.41) is 12.2. The van der Waals surface area contributed by atoms with Crippen molar-refractivity contribution in [1.82, 2.24) is 25.2 Å². The summed E-state index contributed by atoms with van der Waals surface area (Å²) >= 11 is 0. The fourth-order valence-electron chi connectivity index (χ4n) is 1.80. The molecule has 6 heteroatoms. The first-order chi connectivity index (χ1) is 9.83. The summed E-state index contributed by atoms with van der Waals surface area (Å²) in [6.07, 6.45) is 6.49. The van der Waals surface area contributed by atoms with Gasteiger partial charge in [0.2, 0.25) is 11.7 Å². The molecule has 2 aromatic heterocycles. The normalized spacial score (nSPS) is 10.7. The Labute approximate surface area is 119 Å². The molecule has 0 bridgehead atoms. The lowest BCUT2D eigenvalue weighted by molar-refractivity contribution is 0.294. The third-order valence-electron chi connectivity index (χ3n) is 2.98. The highest BCUT2D eigenvalue weighted by Crippen LogP contribution is 2.15. The smallest absolute Gasteiger partial charge is 0.213 e. The molecular formula is C14H21N5O. The van der Waals surface area contributed by atoms with Crippen molar-refractivity contribution < 1.29 is 4.74 Å². The fourth-order valence-corrected chi connectivity index (χ4v) is 1.80. The Kier molecular flexibility index (Phi) is 5.46. The lowest BCUT2D eigenvalue weighted by Crippen LogP contribution is -1.99. The van der Waals surface area contributed by atoms with Crippen molar-refractivity contribution in [2.45, 2.75) is 46.1 Å². The van der Waals surface area contributed by atoms with Gasteiger partial charge in [-0.15, -0.1) is 10.2 Å². The van der Waals surface area contributed by atoms with Gasteiger partial charge in [0, 0.05) is 17.8 Å². The number of tetrazole rings is 1. The third-order valence-corrected chi connectivity index (χ3v) is 2.98. The monoisotopic (exact) mass is 275 g/mol. The van der Waals surface area contributed by atoms with Gasteiger partial charge < -0.3 is 4.74 Å². The summed E-state index contributed by atoms with van der Waals surface area (Å²) in [7, 11) is 0. The average Bonchev–Trinajstić information content (AvgIpc) is 2.97. The van der Waals surface area contributed by atoms with E-state index in [-0.39, 0.29) is 0 Å². The minimum Gasteiger partial charge on any atom is -0.478 e. The van der Waals surface area contributed by atoms with Crippen molar-refractivity contribution >= 4 is 0 Å². The van der Waals surface area contributed by atoms with E-state index in [0.29, 0.717) is 18.2 Å². The minimum atomic E-state index is 0.592. The van der Waals surface area contributed by atoms with Crippen molar-refractivity contribution in [3.05, 3.63) is 18.3 Å². The maximum absolute atomic E-state index is 5.60. The van der Waals surface area contributed by atoms with Crippen LogP contribution in [0.25, 0.3) is 11.4 Å². The van der Waals surface area contributed by atoms with Crippen LogP contribution in [0.5, 0.6) is 5.88 Å². The summed E-state index contributed by atoms with van der Waals surface area (Å²) in [5.41, 5.74) is 0.850. The van der Waals surface area contributed by atoms with Gasteiger partial charge in [-0.05, 0) is 24.6 Å². The van der Waals surface area contributed by atoms with Gasteiger partial charge >= 0.3 is 0 Å². The van der Waals surface area contributed by atoms with E-state index >= 15 is 0 Å². The quantitative estimate of drug-likeness (QED) is 0.693. The van der Waals surface area contributed by atoms with Crippen LogP contribution in [0.2, 0.25) is 0 Å². The Balaban J connectivity index is 1.86. The lowest BCUT2D eigenvalue weighted by Gasteiger charge is -2.04. The number of ether oxygens (including phenoxy) is 1. The van der Waals surface area contributed by atoms with Crippen LogP contribution in [0.4, 0.5) is 0 Å². The summed E-state index contributed by atoms with van der Waals surface area (Å²) in [6.45, 7) is 5.60. The van der Waals surface area contributed by atoms with Crippen LogP contribution in [0, 0.1) is 0 Å². The van der Waals surface area contributed by atoms with Crippen LogP contribution in [0.1, 0.15) is 39.5 Å². The Morgan fingerprint density at radius 3 is 2.70 bits per heavy atom. The fraction of sp³-hybridized carbons (Fsp3) is 0.571. The third kappa shape index (κ3) is 4.01. The van der Waals surface area contributed by atoms with E-state index in [1.807, 2.05) is 19.1 Å². The molecule has 0 amide bonds. The second-order valence-corrected chi connectivity index (χ2v) is 4.60. The molecule has 0 atom stereocenters. The zero-order chi connectivity index (χ0) is 14.2. The molecule has 0 aliphatic rings. The molecule has 0 aliphatic heterocycles. The van der Waals surface area contributed by atoms with E-state index in [9.17, 15) is 0 Å². The molecule has 2 aromatic rings. The Morgan fingerprint density at radius 2 is 2.05 bits per heavy atom. The molecule has 0 aromatic carbocycles. The molecule has 0 unspecified atom stereocenters. The maximum Gasteiger partial charge on any atom is 0.213 e. The standard InChI is InChI=1S/C14H21N5O/c1-3-5-6-7-10-20-13-9-8-12(11-15-13)14-16-18-19(4-2)17-14/h8-9,11H,3-7,10H2,1-2H3. The Hall–Kier alpha value is -1.98. The van der Waals surface area contributed by atoms with E-state index in [1.165, 1.54) is 19.3 Å². The van der Waals surface area contributed by atoms with Crippen molar-refractivity contribution in [2.75, 3.05) is 6.61 Å². The largest absolute Gasteiger partial charge is 0.478 e. The lowest BCUT2D eigenvalue weighted by atomic mass is 10.2. The van der Waals surface area contributed by atoms with Gasteiger partial charge in [-0.1, -0.05) is 26.2 Å². The predicted octanol–water partition coefficient (Wildman–Crippen LogP) is 2.71. The van der Waals surface area contributed by atoms with Crippen LogP contribution in [0.3, 0.4) is 0 Å². The summed E-state index contributed by atoms with van der Waals surface area (Å²) in [5.74, 6) is 1.24. The first kappa shape index (κ1) is 14.4. The van der Waals surface area contributed by atoms with Crippen LogP contribution >= 0.6 is 0 Å². The molecule has 0 radical (unpaired) electrons. The zero-order valence-corrected chi connectivity index (χ0v) is 12.1.